The minimum atomic E-state index is -0.463. The molecule has 0 aromatic heterocycles. The van der Waals surface area contributed by atoms with Crippen LogP contribution in [0, 0.1) is 10.1 Å². The Morgan fingerprint density at radius 1 is 1.06 bits per heavy atom. The van der Waals surface area contributed by atoms with Crippen LogP contribution in [0.3, 0.4) is 0 Å². The highest BCUT2D eigenvalue weighted by Gasteiger charge is 2.17. The van der Waals surface area contributed by atoms with Crippen molar-refractivity contribution in [2.75, 3.05) is 0 Å². The minimum absolute atomic E-state index is 0.00167. The summed E-state index contributed by atoms with van der Waals surface area (Å²) in [5.74, 6) is 0.00167. The Kier molecular flexibility index (Phi) is 3.10. The molecule has 0 unspecified atom stereocenters. The van der Waals surface area contributed by atoms with Crippen molar-refractivity contribution >= 4 is 21.6 Å². The van der Waals surface area contributed by atoms with Gasteiger partial charge in [-0.25, -0.2) is 0 Å². The number of halogens is 1. The number of para-hydroxylation sites is 2. The van der Waals surface area contributed by atoms with E-state index in [9.17, 15) is 15.2 Å². The molecule has 0 aliphatic rings. The molecule has 0 aliphatic heterocycles. The molecule has 1 N–H and O–H groups in total. The number of aromatic hydroxyl groups is 1. The summed E-state index contributed by atoms with van der Waals surface area (Å²) in [5.41, 5.74) is 0.809. The van der Waals surface area contributed by atoms with Gasteiger partial charge in [-0.15, -0.1) is 0 Å². The van der Waals surface area contributed by atoms with Gasteiger partial charge in [0.05, 0.1) is 15.0 Å². The van der Waals surface area contributed by atoms with Crippen LogP contribution in [0.25, 0.3) is 11.1 Å². The highest BCUT2D eigenvalue weighted by atomic mass is 79.9. The zero-order valence-corrected chi connectivity index (χ0v) is 10.2. The van der Waals surface area contributed by atoms with Crippen LogP contribution in [0.15, 0.2) is 46.9 Å². The second-order valence-electron chi connectivity index (χ2n) is 3.41. The molecular formula is C12H8BrNO3. The summed E-state index contributed by atoms with van der Waals surface area (Å²) in [7, 11) is 0. The van der Waals surface area contributed by atoms with Gasteiger partial charge >= 0.3 is 0 Å². The van der Waals surface area contributed by atoms with Gasteiger partial charge in [-0.2, -0.15) is 0 Å². The van der Waals surface area contributed by atoms with Gasteiger partial charge in [0.15, 0.2) is 0 Å². The second-order valence-corrected chi connectivity index (χ2v) is 4.26. The molecule has 0 saturated carbocycles. The van der Waals surface area contributed by atoms with Crippen LogP contribution < -0.4 is 0 Å². The van der Waals surface area contributed by atoms with Crippen LogP contribution in [0.1, 0.15) is 0 Å². The molecule has 0 spiro atoms. The van der Waals surface area contributed by atoms with Crippen molar-refractivity contribution in [3.8, 4) is 16.9 Å². The van der Waals surface area contributed by atoms with Crippen molar-refractivity contribution in [1.82, 2.24) is 0 Å². The summed E-state index contributed by atoms with van der Waals surface area (Å²) in [6, 6.07) is 11.3. The van der Waals surface area contributed by atoms with Crippen LogP contribution in [-0.4, -0.2) is 10.0 Å². The number of hydrogen-bond donors (Lipinski definition) is 1. The number of phenolic OH excluding ortho intramolecular Hbond substituents is 1. The Morgan fingerprint density at radius 2 is 1.71 bits per heavy atom. The Balaban J connectivity index is 2.69. The fourth-order valence-electron chi connectivity index (χ4n) is 1.59. The zero-order valence-electron chi connectivity index (χ0n) is 8.63. The molecule has 2 aromatic rings. The van der Waals surface area contributed by atoms with E-state index in [2.05, 4.69) is 15.9 Å². The third-order valence-corrected chi connectivity index (χ3v) is 3.02. The molecule has 0 saturated heterocycles. The van der Waals surface area contributed by atoms with Crippen molar-refractivity contribution in [2.45, 2.75) is 0 Å². The first-order chi connectivity index (χ1) is 8.11. The molecule has 5 heteroatoms. The first-order valence-corrected chi connectivity index (χ1v) is 5.62. The molecule has 2 rings (SSSR count). The lowest BCUT2D eigenvalue weighted by Gasteiger charge is -2.06. The third kappa shape index (κ3) is 2.14. The summed E-state index contributed by atoms with van der Waals surface area (Å²) in [6.45, 7) is 0. The fourth-order valence-corrected chi connectivity index (χ4v) is 1.96. The summed E-state index contributed by atoms with van der Waals surface area (Å²) in [5, 5.41) is 20.8. The topological polar surface area (TPSA) is 63.4 Å². The van der Waals surface area contributed by atoms with Crippen molar-refractivity contribution in [3.05, 3.63) is 57.1 Å². The number of benzene rings is 2. The Hall–Kier alpha value is -1.88. The molecule has 86 valence electrons. The van der Waals surface area contributed by atoms with Gasteiger partial charge in [-0.1, -0.05) is 24.3 Å². The summed E-state index contributed by atoms with van der Waals surface area (Å²) in [4.78, 5) is 10.4. The van der Waals surface area contributed by atoms with Gasteiger partial charge < -0.3 is 5.11 Å². The van der Waals surface area contributed by atoms with Crippen LogP contribution in [0.4, 0.5) is 5.69 Å². The minimum Gasteiger partial charge on any atom is -0.506 e. The molecular weight excluding hydrogens is 286 g/mol. The maximum absolute atomic E-state index is 10.9. The number of nitro benzene ring substituents is 1. The van der Waals surface area contributed by atoms with E-state index in [0.29, 0.717) is 15.6 Å². The largest absolute Gasteiger partial charge is 0.506 e. The first kappa shape index (κ1) is 11.6. The van der Waals surface area contributed by atoms with E-state index in [1.165, 1.54) is 6.07 Å². The fraction of sp³-hybridized carbons (Fsp3) is 0. The average Bonchev–Trinajstić information content (AvgIpc) is 2.33. The Labute approximate surface area is 106 Å². The van der Waals surface area contributed by atoms with Gasteiger partial charge in [0.1, 0.15) is 5.75 Å². The van der Waals surface area contributed by atoms with Crippen molar-refractivity contribution < 1.29 is 10.0 Å². The molecule has 0 heterocycles. The maximum atomic E-state index is 10.9. The molecule has 4 nitrogen and oxygen atoms in total. The van der Waals surface area contributed by atoms with Crippen LogP contribution >= 0.6 is 15.9 Å². The molecule has 17 heavy (non-hydrogen) atoms. The number of nitrogens with zero attached hydrogens (tertiary/aromatic N) is 1. The highest BCUT2D eigenvalue weighted by Crippen LogP contribution is 2.39. The molecule has 0 aliphatic carbocycles. The lowest BCUT2D eigenvalue weighted by molar-refractivity contribution is -0.384. The molecule has 0 amide bonds. The number of phenols is 1. The van der Waals surface area contributed by atoms with Crippen molar-refractivity contribution in [3.63, 3.8) is 0 Å². The molecule has 0 atom stereocenters. The van der Waals surface area contributed by atoms with Crippen LogP contribution in [0.2, 0.25) is 0 Å². The summed E-state index contributed by atoms with van der Waals surface area (Å²) >= 11 is 3.19. The van der Waals surface area contributed by atoms with E-state index in [-0.39, 0.29) is 11.4 Å². The van der Waals surface area contributed by atoms with E-state index in [0.717, 1.165) is 0 Å². The third-order valence-electron chi connectivity index (χ3n) is 2.38. The summed E-state index contributed by atoms with van der Waals surface area (Å²) in [6.07, 6.45) is 0. The van der Waals surface area contributed by atoms with E-state index in [4.69, 9.17) is 0 Å². The SMILES string of the molecule is O=[N+]([O-])c1ccccc1-c1cccc(Br)c1O. The number of rotatable bonds is 2. The number of nitro groups is 1. The van der Waals surface area contributed by atoms with E-state index >= 15 is 0 Å². The monoisotopic (exact) mass is 293 g/mol. The molecule has 2 aromatic carbocycles. The average molecular weight is 294 g/mol. The predicted octanol–water partition coefficient (Wildman–Crippen LogP) is 3.73. The van der Waals surface area contributed by atoms with Crippen LogP contribution in [-0.2, 0) is 0 Å². The van der Waals surface area contributed by atoms with Crippen molar-refractivity contribution in [2.24, 2.45) is 0 Å². The first-order valence-electron chi connectivity index (χ1n) is 4.82. The second kappa shape index (κ2) is 4.55. The normalized spacial score (nSPS) is 10.2. The van der Waals surface area contributed by atoms with E-state index < -0.39 is 4.92 Å². The summed E-state index contributed by atoms with van der Waals surface area (Å²) < 4.78 is 0.508. The molecule has 0 bridgehead atoms. The van der Waals surface area contributed by atoms with Gasteiger partial charge in [-0.05, 0) is 28.1 Å². The van der Waals surface area contributed by atoms with Gasteiger partial charge in [0.25, 0.3) is 5.69 Å². The lowest BCUT2D eigenvalue weighted by Crippen LogP contribution is -1.91. The quantitative estimate of drug-likeness (QED) is 0.678. The van der Waals surface area contributed by atoms with E-state index in [1.54, 1.807) is 36.4 Å². The predicted molar refractivity (Wildman–Crippen MR) is 67.9 cm³/mol. The van der Waals surface area contributed by atoms with Gasteiger partial charge in [0, 0.05) is 11.6 Å². The molecule has 0 fully saturated rings. The smallest absolute Gasteiger partial charge is 0.277 e. The zero-order chi connectivity index (χ0) is 12.4. The molecule has 0 radical (unpaired) electrons. The Bertz CT molecular complexity index is 584. The lowest BCUT2D eigenvalue weighted by atomic mass is 10.0. The highest BCUT2D eigenvalue weighted by molar-refractivity contribution is 9.10. The Morgan fingerprint density at radius 3 is 2.41 bits per heavy atom. The van der Waals surface area contributed by atoms with Gasteiger partial charge in [0.2, 0.25) is 0 Å². The number of hydrogen-bond acceptors (Lipinski definition) is 3. The standard InChI is InChI=1S/C12H8BrNO3/c13-10-6-3-5-9(12(10)15)8-4-1-2-7-11(8)14(16)17/h1-7,15H. The van der Waals surface area contributed by atoms with Gasteiger partial charge in [-0.3, -0.25) is 10.1 Å². The van der Waals surface area contributed by atoms with E-state index in [1.807, 2.05) is 0 Å². The maximum Gasteiger partial charge on any atom is 0.277 e. The van der Waals surface area contributed by atoms with Crippen molar-refractivity contribution in [1.29, 1.82) is 0 Å². The van der Waals surface area contributed by atoms with Crippen LogP contribution in [0.5, 0.6) is 5.75 Å².